The summed E-state index contributed by atoms with van der Waals surface area (Å²) in [4.78, 5) is 13.9. The van der Waals surface area contributed by atoms with Crippen molar-refractivity contribution in [2.24, 2.45) is 5.92 Å². The zero-order valence-corrected chi connectivity index (χ0v) is 12.9. The number of aromatic nitrogens is 2. The molecule has 1 aromatic heterocycles. The molecule has 0 N–H and O–H groups in total. The highest BCUT2D eigenvalue weighted by Gasteiger charge is 2.26. The third-order valence-electron chi connectivity index (χ3n) is 4.11. The van der Waals surface area contributed by atoms with Crippen LogP contribution in [0.2, 0.25) is 5.15 Å². The first-order valence-corrected chi connectivity index (χ1v) is 8.13. The monoisotopic (exact) mass is 294 g/mol. The first kappa shape index (κ1) is 14.1. The quantitative estimate of drug-likeness (QED) is 0.782. The fraction of sp³-hybridized carbons (Fsp3) is 0.733. The number of anilines is 1. The number of halogens is 1. The van der Waals surface area contributed by atoms with Gasteiger partial charge in [-0.15, -0.1) is 0 Å². The van der Waals surface area contributed by atoms with Gasteiger partial charge in [0.15, 0.2) is 0 Å². The maximum absolute atomic E-state index is 6.12. The molecular weight excluding hydrogens is 272 g/mol. The average Bonchev–Trinajstić information content (AvgIpc) is 3.23. The lowest BCUT2D eigenvalue weighted by Gasteiger charge is -2.35. The van der Waals surface area contributed by atoms with Crippen LogP contribution in [0.4, 0.5) is 5.82 Å². The largest absolute Gasteiger partial charge is 0.354 e. The van der Waals surface area contributed by atoms with Crippen molar-refractivity contribution in [3.63, 3.8) is 0 Å². The molecule has 2 heterocycles. The summed E-state index contributed by atoms with van der Waals surface area (Å²) in [6.07, 6.45) is 4.81. The molecule has 3 rings (SSSR count). The van der Waals surface area contributed by atoms with Crippen molar-refractivity contribution in [1.29, 1.82) is 0 Å². The average molecular weight is 295 g/mol. The molecule has 0 spiro atoms. The van der Waals surface area contributed by atoms with E-state index in [2.05, 4.69) is 26.7 Å². The Kier molecular flexibility index (Phi) is 4.41. The maximum Gasteiger partial charge on any atom is 0.134 e. The first-order valence-electron chi connectivity index (χ1n) is 7.75. The predicted octanol–water partition coefficient (Wildman–Crippen LogP) is 2.61. The molecule has 4 nitrogen and oxygen atoms in total. The van der Waals surface area contributed by atoms with E-state index in [4.69, 9.17) is 11.6 Å². The summed E-state index contributed by atoms with van der Waals surface area (Å²) in [6, 6.07) is 1.90. The van der Waals surface area contributed by atoms with Gasteiger partial charge < -0.3 is 4.90 Å². The predicted molar refractivity (Wildman–Crippen MR) is 82.4 cm³/mol. The summed E-state index contributed by atoms with van der Waals surface area (Å²) in [7, 11) is 0. The lowest BCUT2D eigenvalue weighted by molar-refractivity contribution is 0.247. The van der Waals surface area contributed by atoms with Gasteiger partial charge in [0.25, 0.3) is 0 Å². The second-order valence-corrected chi connectivity index (χ2v) is 6.33. The SMILES string of the molecule is CCCc1nc(Cl)cc(N2CCN(CC3CC3)CC2)n1. The number of nitrogens with zero attached hydrogens (tertiary/aromatic N) is 4. The topological polar surface area (TPSA) is 32.3 Å². The van der Waals surface area contributed by atoms with E-state index < -0.39 is 0 Å². The Bertz CT molecular complexity index is 453. The second-order valence-electron chi connectivity index (χ2n) is 5.95. The summed E-state index contributed by atoms with van der Waals surface area (Å²) in [5, 5.41) is 0.568. The van der Waals surface area contributed by atoms with E-state index in [0.717, 1.165) is 56.6 Å². The Balaban J connectivity index is 1.61. The molecule has 1 saturated heterocycles. The molecule has 2 aliphatic rings. The summed E-state index contributed by atoms with van der Waals surface area (Å²) in [5.41, 5.74) is 0. The zero-order valence-electron chi connectivity index (χ0n) is 12.2. The van der Waals surface area contributed by atoms with Crippen LogP contribution in [0.3, 0.4) is 0 Å². The highest BCUT2D eigenvalue weighted by Crippen LogP contribution is 2.30. The smallest absolute Gasteiger partial charge is 0.134 e. The molecule has 5 heteroatoms. The van der Waals surface area contributed by atoms with Gasteiger partial charge in [-0.25, -0.2) is 9.97 Å². The number of piperazine rings is 1. The molecule has 1 aliphatic heterocycles. The van der Waals surface area contributed by atoms with Crippen LogP contribution in [0.15, 0.2) is 6.07 Å². The Hall–Kier alpha value is -0.870. The van der Waals surface area contributed by atoms with Crippen LogP contribution in [-0.4, -0.2) is 47.6 Å². The van der Waals surface area contributed by atoms with Crippen molar-refractivity contribution >= 4 is 17.4 Å². The minimum absolute atomic E-state index is 0.568. The number of aryl methyl sites for hydroxylation is 1. The van der Waals surface area contributed by atoms with E-state index in [1.54, 1.807) is 0 Å². The molecule has 1 aliphatic carbocycles. The van der Waals surface area contributed by atoms with Crippen molar-refractivity contribution in [2.75, 3.05) is 37.6 Å². The summed E-state index contributed by atoms with van der Waals surface area (Å²) >= 11 is 6.12. The molecule has 1 saturated carbocycles. The van der Waals surface area contributed by atoms with Gasteiger partial charge in [0, 0.05) is 45.2 Å². The van der Waals surface area contributed by atoms with Crippen LogP contribution < -0.4 is 4.90 Å². The Morgan fingerprint density at radius 2 is 1.95 bits per heavy atom. The molecule has 0 radical (unpaired) electrons. The van der Waals surface area contributed by atoms with Crippen LogP contribution in [0, 0.1) is 5.92 Å². The lowest BCUT2D eigenvalue weighted by atomic mass is 10.2. The molecule has 2 fully saturated rings. The van der Waals surface area contributed by atoms with Crippen LogP contribution in [0.5, 0.6) is 0 Å². The van der Waals surface area contributed by atoms with E-state index in [1.165, 1.54) is 19.4 Å². The molecule has 0 unspecified atom stereocenters. The number of hydrogen-bond acceptors (Lipinski definition) is 4. The van der Waals surface area contributed by atoms with E-state index in [-0.39, 0.29) is 0 Å². The van der Waals surface area contributed by atoms with Gasteiger partial charge in [0.1, 0.15) is 16.8 Å². The maximum atomic E-state index is 6.12. The highest BCUT2D eigenvalue weighted by molar-refractivity contribution is 6.29. The van der Waals surface area contributed by atoms with Gasteiger partial charge in [-0.2, -0.15) is 0 Å². The summed E-state index contributed by atoms with van der Waals surface area (Å²) in [6.45, 7) is 7.81. The van der Waals surface area contributed by atoms with Gasteiger partial charge in [0.05, 0.1) is 0 Å². The van der Waals surface area contributed by atoms with E-state index in [9.17, 15) is 0 Å². The highest BCUT2D eigenvalue weighted by atomic mass is 35.5. The van der Waals surface area contributed by atoms with Crippen molar-refractivity contribution < 1.29 is 0 Å². The minimum Gasteiger partial charge on any atom is -0.354 e. The van der Waals surface area contributed by atoms with E-state index >= 15 is 0 Å². The van der Waals surface area contributed by atoms with Gasteiger partial charge in [-0.1, -0.05) is 18.5 Å². The Morgan fingerprint density at radius 3 is 2.60 bits per heavy atom. The van der Waals surface area contributed by atoms with Crippen LogP contribution in [0.25, 0.3) is 0 Å². The lowest BCUT2D eigenvalue weighted by Crippen LogP contribution is -2.47. The molecule has 0 aromatic carbocycles. The second kappa shape index (κ2) is 6.27. The summed E-state index contributed by atoms with van der Waals surface area (Å²) in [5.74, 6) is 2.85. The first-order chi connectivity index (χ1) is 9.74. The number of hydrogen-bond donors (Lipinski definition) is 0. The van der Waals surface area contributed by atoms with Crippen molar-refractivity contribution in [3.8, 4) is 0 Å². The summed E-state index contributed by atoms with van der Waals surface area (Å²) < 4.78 is 0. The Morgan fingerprint density at radius 1 is 1.20 bits per heavy atom. The molecule has 0 atom stereocenters. The normalized spacial score (nSPS) is 20.4. The van der Waals surface area contributed by atoms with Crippen LogP contribution in [0.1, 0.15) is 32.0 Å². The van der Waals surface area contributed by atoms with E-state index in [0.29, 0.717) is 5.15 Å². The van der Waals surface area contributed by atoms with E-state index in [1.807, 2.05) is 6.07 Å². The van der Waals surface area contributed by atoms with Crippen molar-refractivity contribution in [1.82, 2.24) is 14.9 Å². The molecule has 110 valence electrons. The third-order valence-corrected chi connectivity index (χ3v) is 4.30. The molecular formula is C15H23ClN4. The fourth-order valence-corrected chi connectivity index (χ4v) is 2.97. The van der Waals surface area contributed by atoms with Gasteiger partial charge >= 0.3 is 0 Å². The van der Waals surface area contributed by atoms with Crippen molar-refractivity contribution in [2.45, 2.75) is 32.6 Å². The molecule has 0 bridgehead atoms. The van der Waals surface area contributed by atoms with Gasteiger partial charge in [0.2, 0.25) is 0 Å². The van der Waals surface area contributed by atoms with Gasteiger partial charge in [-0.05, 0) is 25.2 Å². The third kappa shape index (κ3) is 3.61. The van der Waals surface area contributed by atoms with Crippen LogP contribution >= 0.6 is 11.6 Å². The van der Waals surface area contributed by atoms with Gasteiger partial charge in [-0.3, -0.25) is 4.90 Å². The minimum atomic E-state index is 0.568. The van der Waals surface area contributed by atoms with Crippen molar-refractivity contribution in [3.05, 3.63) is 17.0 Å². The Labute approximate surface area is 126 Å². The number of rotatable bonds is 5. The molecule has 1 aromatic rings. The zero-order chi connectivity index (χ0) is 13.9. The molecule has 0 amide bonds. The van der Waals surface area contributed by atoms with Crippen LogP contribution in [-0.2, 0) is 6.42 Å². The standard InChI is InChI=1S/C15H23ClN4/c1-2-3-14-17-13(16)10-15(18-14)20-8-6-19(7-9-20)11-12-4-5-12/h10,12H,2-9,11H2,1H3. The molecule has 20 heavy (non-hydrogen) atoms. The fourth-order valence-electron chi connectivity index (χ4n) is 2.77.